The zero-order valence-corrected chi connectivity index (χ0v) is 12.6. The number of anilines is 1. The third kappa shape index (κ3) is 3.23. The maximum atomic E-state index is 11.5. The first kappa shape index (κ1) is 15.9. The number of amides is 1. The number of rotatable bonds is 3. The molecule has 0 saturated heterocycles. The second-order valence-corrected chi connectivity index (χ2v) is 5.93. The number of fused-ring (bicyclic) bond motifs is 1. The van der Waals surface area contributed by atoms with Gasteiger partial charge in [0.05, 0.1) is 5.69 Å². The van der Waals surface area contributed by atoms with Gasteiger partial charge in [-0.1, -0.05) is 24.3 Å². The first-order valence-electron chi connectivity index (χ1n) is 6.19. The van der Waals surface area contributed by atoms with E-state index in [-0.39, 0.29) is 16.8 Å². The number of ether oxygens (including phenoxy) is 1. The minimum Gasteiger partial charge on any atom is -0.424 e. The SMILES string of the molecule is CC(=O)Nc1c(OC(C)=O)cc(S(=O)(=O)O)c2ccccc12. The van der Waals surface area contributed by atoms with E-state index in [1.807, 2.05) is 0 Å². The van der Waals surface area contributed by atoms with E-state index in [0.717, 1.165) is 13.0 Å². The maximum absolute atomic E-state index is 11.5. The minimum absolute atomic E-state index is 0.158. The van der Waals surface area contributed by atoms with E-state index in [0.29, 0.717) is 5.39 Å². The zero-order chi connectivity index (χ0) is 16.5. The second kappa shape index (κ2) is 5.74. The number of hydrogen-bond donors (Lipinski definition) is 2. The Balaban J connectivity index is 2.90. The summed E-state index contributed by atoms with van der Waals surface area (Å²) < 4.78 is 37.4. The molecule has 0 heterocycles. The molecule has 116 valence electrons. The molecule has 0 bridgehead atoms. The highest BCUT2D eigenvalue weighted by Crippen LogP contribution is 2.38. The standard InChI is InChI=1S/C14H13NO6S/c1-8(16)15-14-11-6-4-3-5-10(11)13(22(18,19)20)7-12(14)21-9(2)17/h3-7H,1-2H3,(H,15,16)(H,18,19,20). The minimum atomic E-state index is -4.54. The van der Waals surface area contributed by atoms with Crippen molar-refractivity contribution < 1.29 is 27.3 Å². The molecule has 0 radical (unpaired) electrons. The predicted molar refractivity (Wildman–Crippen MR) is 79.4 cm³/mol. The van der Waals surface area contributed by atoms with E-state index >= 15 is 0 Å². The summed E-state index contributed by atoms with van der Waals surface area (Å²) in [5, 5.41) is 3.03. The summed E-state index contributed by atoms with van der Waals surface area (Å²) in [6.45, 7) is 2.41. The molecule has 0 aliphatic heterocycles. The van der Waals surface area contributed by atoms with Crippen LogP contribution in [0.5, 0.6) is 5.75 Å². The number of esters is 1. The summed E-state index contributed by atoms with van der Waals surface area (Å²) in [5.41, 5.74) is 0.158. The van der Waals surface area contributed by atoms with Gasteiger partial charge in [-0.3, -0.25) is 14.1 Å². The van der Waals surface area contributed by atoms with E-state index in [1.54, 1.807) is 18.2 Å². The van der Waals surface area contributed by atoms with Gasteiger partial charge in [-0.05, 0) is 0 Å². The van der Waals surface area contributed by atoms with Crippen molar-refractivity contribution in [3.63, 3.8) is 0 Å². The third-order valence-electron chi connectivity index (χ3n) is 2.80. The Bertz CT molecular complexity index is 872. The van der Waals surface area contributed by atoms with Crippen LogP contribution in [0.1, 0.15) is 13.8 Å². The van der Waals surface area contributed by atoms with Crippen molar-refractivity contribution in [2.45, 2.75) is 18.7 Å². The van der Waals surface area contributed by atoms with Gasteiger partial charge in [-0.2, -0.15) is 8.42 Å². The number of hydrogen-bond acceptors (Lipinski definition) is 5. The van der Waals surface area contributed by atoms with E-state index in [2.05, 4.69) is 5.32 Å². The summed E-state index contributed by atoms with van der Waals surface area (Å²) in [4.78, 5) is 22.1. The fourth-order valence-electron chi connectivity index (χ4n) is 2.07. The molecule has 0 aliphatic carbocycles. The van der Waals surface area contributed by atoms with Crippen molar-refractivity contribution in [1.29, 1.82) is 0 Å². The van der Waals surface area contributed by atoms with Crippen LogP contribution in [0.2, 0.25) is 0 Å². The number of nitrogens with one attached hydrogen (secondary N) is 1. The van der Waals surface area contributed by atoms with Crippen LogP contribution in [-0.2, 0) is 19.7 Å². The molecule has 2 aromatic carbocycles. The molecule has 0 fully saturated rings. The lowest BCUT2D eigenvalue weighted by Gasteiger charge is -2.15. The van der Waals surface area contributed by atoms with Crippen molar-refractivity contribution in [2.24, 2.45) is 0 Å². The van der Waals surface area contributed by atoms with Gasteiger partial charge in [-0.15, -0.1) is 0 Å². The Kier molecular flexibility index (Phi) is 4.16. The lowest BCUT2D eigenvalue weighted by molar-refractivity contribution is -0.131. The second-order valence-electron chi connectivity index (χ2n) is 4.54. The van der Waals surface area contributed by atoms with Crippen LogP contribution >= 0.6 is 0 Å². The third-order valence-corrected chi connectivity index (χ3v) is 3.70. The van der Waals surface area contributed by atoms with Gasteiger partial charge < -0.3 is 10.1 Å². The fourth-order valence-corrected chi connectivity index (χ4v) is 2.78. The van der Waals surface area contributed by atoms with Crippen molar-refractivity contribution in [3.8, 4) is 5.75 Å². The number of benzene rings is 2. The first-order valence-corrected chi connectivity index (χ1v) is 7.63. The Labute approximate surface area is 126 Å². The van der Waals surface area contributed by atoms with Gasteiger partial charge in [0.15, 0.2) is 5.75 Å². The van der Waals surface area contributed by atoms with Crippen LogP contribution in [0.15, 0.2) is 35.2 Å². The number of carbonyl (C=O) groups excluding carboxylic acids is 2. The average Bonchev–Trinajstić information content (AvgIpc) is 2.39. The molecule has 0 spiro atoms. The summed E-state index contributed by atoms with van der Waals surface area (Å²) in [6.07, 6.45) is 0. The predicted octanol–water partition coefficient (Wildman–Crippen LogP) is 1.97. The normalized spacial score (nSPS) is 11.2. The van der Waals surface area contributed by atoms with E-state index in [9.17, 15) is 22.6 Å². The van der Waals surface area contributed by atoms with Crippen LogP contribution in [0.4, 0.5) is 5.69 Å². The Morgan fingerprint density at radius 3 is 2.23 bits per heavy atom. The smallest absolute Gasteiger partial charge is 0.308 e. The molecule has 8 heteroatoms. The van der Waals surface area contributed by atoms with Crippen LogP contribution in [0.25, 0.3) is 10.8 Å². The summed E-state index contributed by atoms with van der Waals surface area (Å²) in [6, 6.07) is 7.23. The van der Waals surface area contributed by atoms with Gasteiger partial charge in [0, 0.05) is 30.7 Å². The van der Waals surface area contributed by atoms with Gasteiger partial charge in [0.1, 0.15) is 4.90 Å². The molecule has 1 amide bonds. The molecule has 7 nitrogen and oxygen atoms in total. The highest BCUT2D eigenvalue weighted by Gasteiger charge is 2.21. The molecule has 2 aromatic rings. The lowest BCUT2D eigenvalue weighted by atomic mass is 10.1. The van der Waals surface area contributed by atoms with Crippen LogP contribution in [0.3, 0.4) is 0 Å². The van der Waals surface area contributed by atoms with E-state index < -0.39 is 26.9 Å². The van der Waals surface area contributed by atoms with E-state index in [1.165, 1.54) is 13.0 Å². The van der Waals surface area contributed by atoms with Crippen molar-refractivity contribution in [1.82, 2.24) is 0 Å². The van der Waals surface area contributed by atoms with Crippen molar-refractivity contribution in [2.75, 3.05) is 5.32 Å². The largest absolute Gasteiger partial charge is 0.424 e. The van der Waals surface area contributed by atoms with Crippen LogP contribution in [0, 0.1) is 0 Å². The van der Waals surface area contributed by atoms with Gasteiger partial charge in [0.2, 0.25) is 5.91 Å². The molecule has 0 unspecified atom stereocenters. The summed E-state index contributed by atoms with van der Waals surface area (Å²) >= 11 is 0. The topological polar surface area (TPSA) is 110 Å². The van der Waals surface area contributed by atoms with Gasteiger partial charge in [0.25, 0.3) is 10.1 Å². The summed E-state index contributed by atoms with van der Waals surface area (Å²) in [5.74, 6) is -1.27. The van der Waals surface area contributed by atoms with Crippen molar-refractivity contribution in [3.05, 3.63) is 30.3 Å². The Morgan fingerprint density at radius 1 is 1.14 bits per heavy atom. The molecule has 0 saturated carbocycles. The quantitative estimate of drug-likeness (QED) is 0.508. The van der Waals surface area contributed by atoms with E-state index in [4.69, 9.17) is 4.74 Å². The van der Waals surface area contributed by atoms with Gasteiger partial charge in [-0.25, -0.2) is 0 Å². The molecule has 2 N–H and O–H groups in total. The molecule has 0 atom stereocenters. The molecule has 0 aromatic heterocycles. The maximum Gasteiger partial charge on any atom is 0.308 e. The Hall–Kier alpha value is -2.45. The molecule has 0 aliphatic rings. The van der Waals surface area contributed by atoms with Crippen LogP contribution < -0.4 is 10.1 Å². The van der Waals surface area contributed by atoms with Crippen molar-refractivity contribution >= 4 is 38.5 Å². The van der Waals surface area contributed by atoms with Gasteiger partial charge >= 0.3 is 5.97 Å². The highest BCUT2D eigenvalue weighted by molar-refractivity contribution is 7.86. The number of carbonyl (C=O) groups is 2. The molecular weight excluding hydrogens is 310 g/mol. The molecule has 2 rings (SSSR count). The lowest BCUT2D eigenvalue weighted by Crippen LogP contribution is -2.12. The summed E-state index contributed by atoms with van der Waals surface area (Å²) in [7, 11) is -4.54. The highest BCUT2D eigenvalue weighted by atomic mass is 32.2. The average molecular weight is 323 g/mol. The zero-order valence-electron chi connectivity index (χ0n) is 11.8. The first-order chi connectivity index (χ1) is 10.2. The molecular formula is C14H13NO6S. The molecule has 22 heavy (non-hydrogen) atoms. The monoisotopic (exact) mass is 323 g/mol. The van der Waals surface area contributed by atoms with Crippen LogP contribution in [-0.4, -0.2) is 24.8 Å². The fraction of sp³-hybridized carbons (Fsp3) is 0.143. The Morgan fingerprint density at radius 2 is 1.73 bits per heavy atom.